The number of nitrogens with zero attached hydrogens (tertiary/aromatic N) is 2. The van der Waals surface area contributed by atoms with E-state index < -0.39 is 0 Å². The summed E-state index contributed by atoms with van der Waals surface area (Å²) in [5.74, 6) is 0.788. The van der Waals surface area contributed by atoms with Crippen molar-refractivity contribution in [2.24, 2.45) is 5.92 Å². The number of hydrogen-bond acceptors (Lipinski definition) is 3. The lowest BCUT2D eigenvalue weighted by molar-refractivity contribution is -0.0731. The van der Waals surface area contributed by atoms with Gasteiger partial charge in [-0.2, -0.15) is 0 Å². The minimum absolute atomic E-state index is 0.164. The second kappa shape index (κ2) is 6.25. The van der Waals surface area contributed by atoms with Crippen LogP contribution < -0.4 is 0 Å². The molecule has 0 unspecified atom stereocenters. The SMILES string of the molecule is COC[C@H]1CCN(C)C2(C1)CN(C(=O)c1ccc(C)c(C)c1)C2. The number of rotatable bonds is 3. The third kappa shape index (κ3) is 3.02. The number of hydrogen-bond donors (Lipinski definition) is 0. The molecule has 0 bridgehead atoms. The van der Waals surface area contributed by atoms with Crippen LogP contribution in [0.3, 0.4) is 0 Å². The molecule has 1 amide bonds. The van der Waals surface area contributed by atoms with E-state index in [1.54, 1.807) is 7.11 Å². The fourth-order valence-corrected chi connectivity index (χ4v) is 4.02. The minimum atomic E-state index is 0.164. The third-order valence-corrected chi connectivity index (χ3v) is 5.76. The summed E-state index contributed by atoms with van der Waals surface area (Å²) in [6.07, 6.45) is 2.32. The molecule has 23 heavy (non-hydrogen) atoms. The van der Waals surface area contributed by atoms with Gasteiger partial charge in [-0.25, -0.2) is 0 Å². The lowest BCUT2D eigenvalue weighted by atomic mass is 9.75. The van der Waals surface area contributed by atoms with E-state index in [1.165, 1.54) is 17.5 Å². The van der Waals surface area contributed by atoms with Crippen molar-refractivity contribution < 1.29 is 9.53 Å². The monoisotopic (exact) mass is 316 g/mol. The molecule has 0 saturated carbocycles. The largest absolute Gasteiger partial charge is 0.384 e. The zero-order valence-corrected chi connectivity index (χ0v) is 14.8. The number of piperidine rings is 1. The van der Waals surface area contributed by atoms with Gasteiger partial charge in [-0.15, -0.1) is 0 Å². The predicted molar refractivity (Wildman–Crippen MR) is 91.8 cm³/mol. The summed E-state index contributed by atoms with van der Waals surface area (Å²) < 4.78 is 5.35. The van der Waals surface area contributed by atoms with Crippen molar-refractivity contribution in [3.63, 3.8) is 0 Å². The van der Waals surface area contributed by atoms with Crippen LogP contribution in [0.1, 0.15) is 34.3 Å². The van der Waals surface area contributed by atoms with E-state index in [-0.39, 0.29) is 11.4 Å². The van der Waals surface area contributed by atoms with Gasteiger partial charge in [0, 0.05) is 32.4 Å². The molecule has 1 atom stereocenters. The van der Waals surface area contributed by atoms with Crippen LogP contribution in [-0.4, -0.2) is 61.6 Å². The van der Waals surface area contributed by atoms with Gasteiger partial charge in [0.15, 0.2) is 0 Å². The fourth-order valence-electron chi connectivity index (χ4n) is 4.02. The van der Waals surface area contributed by atoms with Gasteiger partial charge >= 0.3 is 0 Å². The van der Waals surface area contributed by atoms with Crippen LogP contribution in [0.5, 0.6) is 0 Å². The minimum Gasteiger partial charge on any atom is -0.384 e. The molecule has 0 aromatic heterocycles. The Kier molecular flexibility index (Phi) is 4.47. The number of likely N-dealkylation sites (tertiary alicyclic amines) is 2. The normalized spacial score (nSPS) is 23.8. The average Bonchev–Trinajstić information content (AvgIpc) is 2.49. The summed E-state index contributed by atoms with van der Waals surface area (Å²) in [7, 11) is 3.97. The first-order valence-electron chi connectivity index (χ1n) is 8.52. The van der Waals surface area contributed by atoms with Gasteiger partial charge in [-0.05, 0) is 69.5 Å². The van der Waals surface area contributed by atoms with Gasteiger partial charge in [0.1, 0.15) is 0 Å². The topological polar surface area (TPSA) is 32.8 Å². The average molecular weight is 316 g/mol. The third-order valence-electron chi connectivity index (χ3n) is 5.76. The van der Waals surface area contributed by atoms with Gasteiger partial charge in [0.25, 0.3) is 5.91 Å². The molecular formula is C19H28N2O2. The van der Waals surface area contributed by atoms with E-state index in [1.807, 2.05) is 23.1 Å². The molecule has 2 aliphatic rings. The molecule has 1 aromatic rings. The maximum atomic E-state index is 12.7. The van der Waals surface area contributed by atoms with E-state index in [2.05, 4.69) is 25.8 Å². The predicted octanol–water partition coefficient (Wildman–Crippen LogP) is 2.49. The molecule has 2 saturated heterocycles. The van der Waals surface area contributed by atoms with Gasteiger partial charge in [0.05, 0.1) is 5.54 Å². The number of likely N-dealkylation sites (N-methyl/N-ethyl adjacent to an activating group) is 1. The van der Waals surface area contributed by atoms with Gasteiger partial charge in [-0.1, -0.05) is 6.07 Å². The second-order valence-corrected chi connectivity index (χ2v) is 7.42. The van der Waals surface area contributed by atoms with Crippen LogP contribution in [0.4, 0.5) is 0 Å². The standard InChI is InChI=1S/C19H28N2O2/c1-14-5-6-17(9-15(14)2)18(22)21-12-19(13-21)10-16(11-23-4)7-8-20(19)3/h5-6,9,16H,7-8,10-13H2,1-4H3/t16-/m0/s1. The summed E-state index contributed by atoms with van der Waals surface area (Å²) in [5, 5.41) is 0. The molecule has 2 fully saturated rings. The van der Waals surface area contributed by atoms with Crippen LogP contribution in [0.2, 0.25) is 0 Å². The van der Waals surface area contributed by atoms with Crippen LogP contribution in [0.15, 0.2) is 18.2 Å². The molecule has 126 valence electrons. The Balaban J connectivity index is 1.67. The summed E-state index contributed by atoms with van der Waals surface area (Å²) in [6.45, 7) is 7.76. The molecule has 1 spiro atoms. The molecule has 0 radical (unpaired) electrons. The Morgan fingerprint density at radius 1 is 1.30 bits per heavy atom. The highest BCUT2D eigenvalue weighted by molar-refractivity contribution is 5.95. The quantitative estimate of drug-likeness (QED) is 0.859. The molecule has 4 nitrogen and oxygen atoms in total. The summed E-state index contributed by atoms with van der Waals surface area (Å²) in [4.78, 5) is 17.2. The molecule has 3 rings (SSSR count). The maximum absolute atomic E-state index is 12.7. The second-order valence-electron chi connectivity index (χ2n) is 7.42. The van der Waals surface area contributed by atoms with Crippen LogP contribution in [0.25, 0.3) is 0 Å². The lowest BCUT2D eigenvalue weighted by Crippen LogP contribution is -2.72. The molecule has 1 aromatic carbocycles. The summed E-state index contributed by atoms with van der Waals surface area (Å²) in [5.41, 5.74) is 3.39. The summed E-state index contributed by atoms with van der Waals surface area (Å²) >= 11 is 0. The van der Waals surface area contributed by atoms with Crippen molar-refractivity contribution in [2.45, 2.75) is 32.2 Å². The Labute approximate surface area is 139 Å². The smallest absolute Gasteiger partial charge is 0.253 e. The van der Waals surface area contributed by atoms with Crippen molar-refractivity contribution in [1.82, 2.24) is 9.80 Å². The van der Waals surface area contributed by atoms with E-state index in [0.29, 0.717) is 5.92 Å². The highest BCUT2D eigenvalue weighted by atomic mass is 16.5. The first-order chi connectivity index (χ1) is 10.9. The number of carbonyl (C=O) groups is 1. The first-order valence-corrected chi connectivity index (χ1v) is 8.52. The van der Waals surface area contributed by atoms with Gasteiger partial charge < -0.3 is 9.64 Å². The Hall–Kier alpha value is -1.39. The fraction of sp³-hybridized carbons (Fsp3) is 0.632. The molecule has 2 aliphatic heterocycles. The van der Waals surface area contributed by atoms with Crippen molar-refractivity contribution in [3.8, 4) is 0 Å². The molecular weight excluding hydrogens is 288 g/mol. The number of methoxy groups -OCH3 is 1. The molecule has 4 heteroatoms. The number of aryl methyl sites for hydroxylation is 2. The Bertz CT molecular complexity index is 593. The van der Waals surface area contributed by atoms with Gasteiger partial charge in [-0.3, -0.25) is 9.69 Å². The van der Waals surface area contributed by atoms with E-state index >= 15 is 0 Å². The first kappa shape index (κ1) is 16.5. The highest BCUT2D eigenvalue weighted by Crippen LogP contribution is 2.38. The molecule has 0 N–H and O–H groups in total. The van der Waals surface area contributed by atoms with Crippen molar-refractivity contribution in [1.29, 1.82) is 0 Å². The Morgan fingerprint density at radius 3 is 2.70 bits per heavy atom. The van der Waals surface area contributed by atoms with Crippen molar-refractivity contribution in [3.05, 3.63) is 34.9 Å². The van der Waals surface area contributed by atoms with Crippen LogP contribution >= 0.6 is 0 Å². The molecule has 2 heterocycles. The van der Waals surface area contributed by atoms with Crippen molar-refractivity contribution in [2.75, 3.05) is 40.4 Å². The number of benzene rings is 1. The number of carbonyl (C=O) groups excluding carboxylic acids is 1. The molecule has 0 aliphatic carbocycles. The van der Waals surface area contributed by atoms with Crippen molar-refractivity contribution >= 4 is 5.91 Å². The highest BCUT2D eigenvalue weighted by Gasteiger charge is 2.50. The lowest BCUT2D eigenvalue weighted by Gasteiger charge is -2.58. The van der Waals surface area contributed by atoms with Gasteiger partial charge in [0.2, 0.25) is 0 Å². The maximum Gasteiger partial charge on any atom is 0.253 e. The summed E-state index contributed by atoms with van der Waals surface area (Å²) in [6, 6.07) is 6.01. The zero-order chi connectivity index (χ0) is 16.6. The van der Waals surface area contributed by atoms with E-state index in [0.717, 1.165) is 38.2 Å². The van der Waals surface area contributed by atoms with E-state index in [9.17, 15) is 4.79 Å². The Morgan fingerprint density at radius 2 is 2.04 bits per heavy atom. The van der Waals surface area contributed by atoms with Crippen LogP contribution in [-0.2, 0) is 4.74 Å². The van der Waals surface area contributed by atoms with E-state index in [4.69, 9.17) is 4.74 Å². The van der Waals surface area contributed by atoms with Crippen LogP contribution in [0, 0.1) is 19.8 Å². The number of ether oxygens (including phenoxy) is 1. The number of amides is 1. The zero-order valence-electron chi connectivity index (χ0n) is 14.8.